The van der Waals surface area contributed by atoms with E-state index in [9.17, 15) is 30.0 Å². The number of carbonyl (C=O) groups is 1. The molecule has 30 heavy (non-hydrogen) atoms. The lowest BCUT2D eigenvalue weighted by Gasteiger charge is -2.21. The Kier molecular flexibility index (Phi) is 6.65. The second kappa shape index (κ2) is 8.65. The zero-order valence-corrected chi connectivity index (χ0v) is 18.1. The third-order valence-corrected chi connectivity index (χ3v) is 5.27. The number of Topliss-reactive ketones (excluding diaryl/α,β-unsaturated/α-hetero) is 1. The molecule has 1 heterocycles. The predicted molar refractivity (Wildman–Crippen MR) is 113 cm³/mol. The van der Waals surface area contributed by atoms with Crippen LogP contribution >= 0.6 is 0 Å². The molecule has 7 nitrogen and oxygen atoms in total. The highest BCUT2D eigenvalue weighted by Gasteiger charge is 2.32. The SMILES string of the molecule is CCc1oc(=O)c(C(C)c2c(O)c(CC=C(C)C)c(O)c(C(C)=O)c2O)c(O)c1C. The van der Waals surface area contributed by atoms with Crippen LogP contribution in [0.25, 0.3) is 0 Å². The van der Waals surface area contributed by atoms with E-state index in [1.54, 1.807) is 19.9 Å². The maximum absolute atomic E-state index is 12.6. The van der Waals surface area contributed by atoms with E-state index in [1.807, 2.05) is 13.8 Å². The van der Waals surface area contributed by atoms with Crippen molar-refractivity contribution in [1.29, 1.82) is 0 Å². The van der Waals surface area contributed by atoms with Gasteiger partial charge in [0.15, 0.2) is 5.78 Å². The van der Waals surface area contributed by atoms with Gasteiger partial charge < -0.3 is 24.8 Å². The number of phenolic OH excluding ortho intramolecular Hbond substituents is 3. The maximum atomic E-state index is 12.6. The van der Waals surface area contributed by atoms with Crippen LogP contribution < -0.4 is 5.63 Å². The minimum atomic E-state index is -1.02. The van der Waals surface area contributed by atoms with Gasteiger partial charge >= 0.3 is 5.63 Å². The van der Waals surface area contributed by atoms with Crippen LogP contribution in [0.15, 0.2) is 20.9 Å². The summed E-state index contributed by atoms with van der Waals surface area (Å²) >= 11 is 0. The number of hydrogen-bond acceptors (Lipinski definition) is 7. The molecule has 0 bridgehead atoms. The van der Waals surface area contributed by atoms with Crippen LogP contribution in [0.4, 0.5) is 0 Å². The summed E-state index contributed by atoms with van der Waals surface area (Å²) in [7, 11) is 0. The van der Waals surface area contributed by atoms with E-state index >= 15 is 0 Å². The fourth-order valence-electron chi connectivity index (χ4n) is 3.57. The zero-order valence-electron chi connectivity index (χ0n) is 18.1. The van der Waals surface area contributed by atoms with E-state index in [2.05, 4.69) is 0 Å². The van der Waals surface area contributed by atoms with Crippen LogP contribution in [0.1, 0.15) is 78.9 Å². The summed E-state index contributed by atoms with van der Waals surface area (Å²) in [5, 5.41) is 42.8. The molecule has 0 saturated heterocycles. The molecule has 0 saturated carbocycles. The Balaban J connectivity index is 2.88. The van der Waals surface area contributed by atoms with E-state index in [4.69, 9.17) is 4.42 Å². The highest BCUT2D eigenvalue weighted by Crippen LogP contribution is 2.48. The molecule has 7 heteroatoms. The fourth-order valence-corrected chi connectivity index (χ4v) is 3.57. The lowest BCUT2D eigenvalue weighted by atomic mass is 9.86. The molecular weight excluding hydrogens is 388 g/mol. The first-order chi connectivity index (χ1) is 13.9. The second-order valence-corrected chi connectivity index (χ2v) is 7.63. The van der Waals surface area contributed by atoms with Gasteiger partial charge in [-0.15, -0.1) is 0 Å². The van der Waals surface area contributed by atoms with Crippen molar-refractivity contribution in [2.45, 2.75) is 60.3 Å². The van der Waals surface area contributed by atoms with Gasteiger partial charge in [0.05, 0.1) is 5.56 Å². The van der Waals surface area contributed by atoms with Gasteiger partial charge in [0.1, 0.15) is 34.3 Å². The number of ketones is 1. The Labute approximate surface area is 174 Å². The van der Waals surface area contributed by atoms with E-state index in [0.717, 1.165) is 5.57 Å². The quantitative estimate of drug-likeness (QED) is 0.410. The number of benzene rings is 1. The van der Waals surface area contributed by atoms with Crippen LogP contribution in [-0.4, -0.2) is 26.2 Å². The Bertz CT molecular complexity index is 1090. The first-order valence-corrected chi connectivity index (χ1v) is 9.73. The topological polar surface area (TPSA) is 128 Å². The number of rotatable bonds is 6. The van der Waals surface area contributed by atoms with Crippen molar-refractivity contribution in [3.63, 3.8) is 0 Å². The zero-order chi connectivity index (χ0) is 22.9. The third kappa shape index (κ3) is 3.92. The molecule has 0 fully saturated rings. The first kappa shape index (κ1) is 23.1. The summed E-state index contributed by atoms with van der Waals surface area (Å²) in [5.41, 5.74) is -0.0859. The van der Waals surface area contributed by atoms with Crippen molar-refractivity contribution in [3.05, 3.63) is 55.6 Å². The molecule has 0 amide bonds. The van der Waals surface area contributed by atoms with Crippen LogP contribution in [0.5, 0.6) is 23.0 Å². The summed E-state index contributed by atoms with van der Waals surface area (Å²) in [4.78, 5) is 24.7. The largest absolute Gasteiger partial charge is 0.507 e. The predicted octanol–water partition coefficient (Wildman–Crippen LogP) is 4.20. The van der Waals surface area contributed by atoms with Crippen LogP contribution in [0.2, 0.25) is 0 Å². The minimum Gasteiger partial charge on any atom is -0.507 e. The average Bonchev–Trinajstić information content (AvgIpc) is 2.63. The van der Waals surface area contributed by atoms with Crippen molar-refractivity contribution < 1.29 is 29.6 Å². The molecule has 1 aromatic heterocycles. The highest BCUT2D eigenvalue weighted by molar-refractivity contribution is 6.01. The maximum Gasteiger partial charge on any atom is 0.343 e. The number of aromatic hydroxyl groups is 4. The lowest BCUT2D eigenvalue weighted by molar-refractivity contribution is 0.101. The van der Waals surface area contributed by atoms with E-state index in [1.165, 1.54) is 13.8 Å². The highest BCUT2D eigenvalue weighted by atomic mass is 16.4. The van der Waals surface area contributed by atoms with Gasteiger partial charge in [-0.1, -0.05) is 25.5 Å². The standard InChI is InChI=1S/C23H28O7/c1-7-15-11(4)19(25)17(23(29)30-15)12(5)16-20(26)14(9-8-10(2)3)21(27)18(13(6)24)22(16)28/h8,12,25-28H,7,9H2,1-6H3. The van der Waals surface area contributed by atoms with E-state index < -0.39 is 34.6 Å². The van der Waals surface area contributed by atoms with Crippen molar-refractivity contribution in [3.8, 4) is 23.0 Å². The number of carbonyl (C=O) groups excluding carboxylic acids is 1. The Morgan fingerprint density at radius 3 is 2.10 bits per heavy atom. The molecular formula is C23H28O7. The summed E-state index contributed by atoms with van der Waals surface area (Å²) < 4.78 is 5.30. The minimum absolute atomic E-state index is 0.0480. The fraction of sp³-hybridized carbons (Fsp3) is 0.391. The van der Waals surface area contributed by atoms with Crippen molar-refractivity contribution in [1.82, 2.24) is 0 Å². The number of allylic oxidation sites excluding steroid dienone is 2. The van der Waals surface area contributed by atoms with Gasteiger partial charge in [0, 0.05) is 29.0 Å². The van der Waals surface area contributed by atoms with Gasteiger partial charge in [-0.05, 0) is 34.1 Å². The van der Waals surface area contributed by atoms with Crippen LogP contribution in [0.3, 0.4) is 0 Å². The lowest BCUT2D eigenvalue weighted by Crippen LogP contribution is -2.15. The van der Waals surface area contributed by atoms with Gasteiger partial charge in [0.25, 0.3) is 0 Å². The number of phenols is 3. The molecule has 0 aliphatic carbocycles. The molecule has 4 N–H and O–H groups in total. The van der Waals surface area contributed by atoms with E-state index in [-0.39, 0.29) is 34.4 Å². The smallest absolute Gasteiger partial charge is 0.343 e. The van der Waals surface area contributed by atoms with Crippen LogP contribution in [-0.2, 0) is 12.8 Å². The van der Waals surface area contributed by atoms with Gasteiger partial charge in [-0.25, -0.2) is 4.79 Å². The Morgan fingerprint density at radius 1 is 1.00 bits per heavy atom. The summed E-state index contributed by atoms with van der Waals surface area (Å²) in [6.07, 6.45) is 2.26. The average molecular weight is 416 g/mol. The molecule has 0 aliphatic heterocycles. The van der Waals surface area contributed by atoms with Gasteiger partial charge in [0.2, 0.25) is 0 Å². The number of aryl methyl sites for hydroxylation is 1. The molecule has 0 radical (unpaired) electrons. The third-order valence-electron chi connectivity index (χ3n) is 5.27. The molecule has 0 spiro atoms. The van der Waals surface area contributed by atoms with Crippen molar-refractivity contribution in [2.75, 3.05) is 0 Å². The van der Waals surface area contributed by atoms with E-state index in [0.29, 0.717) is 17.7 Å². The van der Waals surface area contributed by atoms with Crippen molar-refractivity contribution >= 4 is 5.78 Å². The van der Waals surface area contributed by atoms with Crippen molar-refractivity contribution in [2.24, 2.45) is 0 Å². The van der Waals surface area contributed by atoms with Crippen LogP contribution in [0, 0.1) is 6.92 Å². The molecule has 1 unspecified atom stereocenters. The normalized spacial score (nSPS) is 11.9. The number of hydrogen-bond donors (Lipinski definition) is 4. The molecule has 0 aliphatic rings. The second-order valence-electron chi connectivity index (χ2n) is 7.63. The Morgan fingerprint density at radius 2 is 1.60 bits per heavy atom. The summed E-state index contributed by atoms with van der Waals surface area (Å²) in [5.74, 6) is -3.18. The van der Waals surface area contributed by atoms with Gasteiger partial charge in [-0.3, -0.25) is 4.79 Å². The molecule has 1 aromatic carbocycles. The molecule has 2 aromatic rings. The molecule has 2 rings (SSSR count). The summed E-state index contributed by atoms with van der Waals surface area (Å²) in [6, 6.07) is 0. The molecule has 162 valence electrons. The Hall–Kier alpha value is -3.22. The first-order valence-electron chi connectivity index (χ1n) is 9.73. The summed E-state index contributed by atoms with van der Waals surface area (Å²) in [6.45, 7) is 9.73. The van der Waals surface area contributed by atoms with Gasteiger partial charge in [-0.2, -0.15) is 0 Å². The molecule has 1 atom stereocenters. The monoisotopic (exact) mass is 416 g/mol.